The Morgan fingerprint density at radius 2 is 1.47 bits per heavy atom. The smallest absolute Gasteiger partial charge is 0.419 e. The SMILES string of the molecule is CCc1ccc(Oc2ccc(F)c(C(F)(F)F)c2)cc1C1C(=O)C(C)(C)OC(C)(C)C1=O. The van der Waals surface area contributed by atoms with Crippen molar-refractivity contribution in [1.29, 1.82) is 0 Å². The molecule has 0 amide bonds. The monoisotopic (exact) mass is 452 g/mol. The van der Waals surface area contributed by atoms with Gasteiger partial charge in [0, 0.05) is 0 Å². The molecule has 1 saturated heterocycles. The second kappa shape index (κ2) is 7.99. The van der Waals surface area contributed by atoms with E-state index in [0.29, 0.717) is 24.1 Å². The molecule has 0 unspecified atom stereocenters. The summed E-state index contributed by atoms with van der Waals surface area (Å²) in [6.07, 6.45) is -4.36. The maximum Gasteiger partial charge on any atom is 0.419 e. The van der Waals surface area contributed by atoms with Crippen LogP contribution in [0.2, 0.25) is 0 Å². The van der Waals surface area contributed by atoms with Crippen LogP contribution in [-0.4, -0.2) is 22.8 Å². The molecule has 0 spiro atoms. The molecule has 172 valence electrons. The number of benzene rings is 2. The van der Waals surface area contributed by atoms with Crippen molar-refractivity contribution in [3.8, 4) is 11.5 Å². The quantitative estimate of drug-likeness (QED) is 0.421. The van der Waals surface area contributed by atoms with Crippen molar-refractivity contribution in [1.82, 2.24) is 0 Å². The van der Waals surface area contributed by atoms with E-state index in [2.05, 4.69) is 0 Å². The summed E-state index contributed by atoms with van der Waals surface area (Å²) in [5.74, 6) is -3.43. The lowest BCUT2D eigenvalue weighted by atomic mass is 9.73. The molecule has 0 aliphatic carbocycles. The number of aryl methyl sites for hydroxylation is 1. The van der Waals surface area contributed by atoms with Gasteiger partial charge in [-0.15, -0.1) is 0 Å². The van der Waals surface area contributed by atoms with Gasteiger partial charge in [-0.1, -0.05) is 13.0 Å². The highest BCUT2D eigenvalue weighted by atomic mass is 19.4. The Bertz CT molecular complexity index is 1040. The Hall–Kier alpha value is -2.74. The van der Waals surface area contributed by atoms with Crippen molar-refractivity contribution in [3.05, 3.63) is 58.9 Å². The zero-order chi connectivity index (χ0) is 24.1. The van der Waals surface area contributed by atoms with Crippen LogP contribution in [0.4, 0.5) is 17.6 Å². The fourth-order valence-corrected chi connectivity index (χ4v) is 3.98. The van der Waals surface area contributed by atoms with Crippen molar-refractivity contribution in [2.45, 2.75) is 64.3 Å². The average Bonchev–Trinajstić information content (AvgIpc) is 2.67. The summed E-state index contributed by atoms with van der Waals surface area (Å²) in [6, 6.07) is 7.00. The fraction of sp³-hybridized carbons (Fsp3) is 0.417. The topological polar surface area (TPSA) is 52.6 Å². The molecule has 0 radical (unpaired) electrons. The van der Waals surface area contributed by atoms with E-state index in [1.807, 2.05) is 6.92 Å². The van der Waals surface area contributed by atoms with Gasteiger partial charge >= 0.3 is 6.18 Å². The van der Waals surface area contributed by atoms with Gasteiger partial charge in [-0.25, -0.2) is 4.39 Å². The lowest BCUT2D eigenvalue weighted by Gasteiger charge is -2.43. The number of ether oxygens (including phenoxy) is 2. The molecule has 0 N–H and O–H groups in total. The van der Waals surface area contributed by atoms with E-state index in [4.69, 9.17) is 9.47 Å². The molecular formula is C24H24F4O4. The third-order valence-electron chi connectivity index (χ3n) is 5.51. The second-order valence-electron chi connectivity index (χ2n) is 8.74. The molecule has 3 rings (SSSR count). The Kier molecular flexibility index (Phi) is 5.97. The molecule has 2 aromatic carbocycles. The van der Waals surface area contributed by atoms with Crippen LogP contribution in [0.25, 0.3) is 0 Å². The largest absolute Gasteiger partial charge is 0.457 e. The number of hydrogen-bond donors (Lipinski definition) is 0. The van der Waals surface area contributed by atoms with Gasteiger partial charge in [0.1, 0.15) is 34.4 Å². The van der Waals surface area contributed by atoms with E-state index >= 15 is 0 Å². The summed E-state index contributed by atoms with van der Waals surface area (Å²) in [5.41, 5.74) is -2.71. The van der Waals surface area contributed by atoms with Crippen LogP contribution in [0.1, 0.15) is 57.2 Å². The Labute approximate surface area is 183 Å². The molecule has 0 saturated carbocycles. The molecule has 32 heavy (non-hydrogen) atoms. The third-order valence-corrected chi connectivity index (χ3v) is 5.51. The fourth-order valence-electron chi connectivity index (χ4n) is 3.98. The van der Waals surface area contributed by atoms with Gasteiger partial charge in [-0.2, -0.15) is 13.2 Å². The Morgan fingerprint density at radius 3 is 2.00 bits per heavy atom. The van der Waals surface area contributed by atoms with Crippen LogP contribution in [-0.2, 0) is 26.9 Å². The first-order valence-electron chi connectivity index (χ1n) is 10.1. The number of alkyl halides is 3. The van der Waals surface area contributed by atoms with Gasteiger partial charge in [0.05, 0.1) is 5.56 Å². The van der Waals surface area contributed by atoms with E-state index in [9.17, 15) is 27.2 Å². The number of carbonyl (C=O) groups is 2. The average molecular weight is 452 g/mol. The number of carbonyl (C=O) groups excluding carboxylic acids is 2. The second-order valence-corrected chi connectivity index (χ2v) is 8.74. The molecule has 8 heteroatoms. The highest BCUT2D eigenvalue weighted by Crippen LogP contribution is 2.41. The normalized spacial score (nSPS) is 18.7. The van der Waals surface area contributed by atoms with Gasteiger partial charge in [0.15, 0.2) is 11.6 Å². The molecule has 1 fully saturated rings. The lowest BCUT2D eigenvalue weighted by Crippen LogP contribution is -2.58. The minimum absolute atomic E-state index is 0.125. The summed E-state index contributed by atoms with van der Waals surface area (Å²) in [4.78, 5) is 26.2. The molecule has 0 bridgehead atoms. The van der Waals surface area contributed by atoms with Crippen molar-refractivity contribution in [3.63, 3.8) is 0 Å². The van der Waals surface area contributed by atoms with Crippen LogP contribution in [0, 0.1) is 5.82 Å². The van der Waals surface area contributed by atoms with Gasteiger partial charge < -0.3 is 9.47 Å². The molecule has 0 atom stereocenters. The van der Waals surface area contributed by atoms with Crippen LogP contribution in [0.5, 0.6) is 11.5 Å². The number of ketones is 2. The summed E-state index contributed by atoms with van der Waals surface area (Å²) in [6.45, 7) is 8.25. The van der Waals surface area contributed by atoms with E-state index in [-0.39, 0.29) is 11.5 Å². The minimum atomic E-state index is -4.88. The van der Waals surface area contributed by atoms with E-state index < -0.39 is 46.2 Å². The van der Waals surface area contributed by atoms with Crippen molar-refractivity contribution < 1.29 is 36.6 Å². The molecule has 0 aromatic heterocycles. The summed E-state index contributed by atoms with van der Waals surface area (Å²) >= 11 is 0. The zero-order valence-electron chi connectivity index (χ0n) is 18.4. The first-order valence-corrected chi connectivity index (χ1v) is 10.1. The molecular weight excluding hydrogens is 428 g/mol. The minimum Gasteiger partial charge on any atom is -0.457 e. The number of hydrogen-bond acceptors (Lipinski definition) is 4. The van der Waals surface area contributed by atoms with E-state index in [0.717, 1.165) is 11.6 Å². The Balaban J connectivity index is 2.05. The lowest BCUT2D eigenvalue weighted by molar-refractivity contribution is -0.184. The van der Waals surface area contributed by atoms with E-state index in [1.54, 1.807) is 33.8 Å². The van der Waals surface area contributed by atoms with Crippen LogP contribution < -0.4 is 4.74 Å². The predicted molar refractivity (Wildman–Crippen MR) is 109 cm³/mol. The van der Waals surface area contributed by atoms with Crippen LogP contribution >= 0.6 is 0 Å². The van der Waals surface area contributed by atoms with Gasteiger partial charge in [0.25, 0.3) is 0 Å². The standard InChI is InChI=1S/C24H24F4O4/c1-6-13-7-8-14(31-15-9-10-18(25)17(12-15)24(26,27)28)11-16(13)19-20(29)22(2,3)32-23(4,5)21(19)30/h7-12,19H,6H2,1-5H3. The maximum absolute atomic E-state index is 13.6. The van der Waals surface area contributed by atoms with Crippen molar-refractivity contribution in [2.75, 3.05) is 0 Å². The highest BCUT2D eigenvalue weighted by Gasteiger charge is 2.53. The third kappa shape index (κ3) is 4.41. The Morgan fingerprint density at radius 1 is 0.938 bits per heavy atom. The van der Waals surface area contributed by atoms with E-state index in [1.165, 1.54) is 12.1 Å². The summed E-state index contributed by atoms with van der Waals surface area (Å²) in [7, 11) is 0. The van der Waals surface area contributed by atoms with Crippen LogP contribution in [0.3, 0.4) is 0 Å². The molecule has 1 heterocycles. The number of Topliss-reactive ketones (excluding diaryl/α,β-unsaturated/α-hetero) is 2. The molecule has 4 nitrogen and oxygen atoms in total. The zero-order valence-corrected chi connectivity index (χ0v) is 18.4. The van der Waals surface area contributed by atoms with Crippen molar-refractivity contribution >= 4 is 11.6 Å². The summed E-state index contributed by atoms with van der Waals surface area (Å²) < 4.78 is 63.9. The number of rotatable bonds is 4. The molecule has 1 aliphatic heterocycles. The van der Waals surface area contributed by atoms with Crippen molar-refractivity contribution in [2.24, 2.45) is 0 Å². The molecule has 2 aromatic rings. The maximum atomic E-state index is 13.6. The number of halogens is 4. The summed E-state index contributed by atoms with van der Waals surface area (Å²) in [5, 5.41) is 0. The van der Waals surface area contributed by atoms with Crippen LogP contribution in [0.15, 0.2) is 36.4 Å². The first kappa shape index (κ1) is 23.9. The first-order chi connectivity index (χ1) is 14.7. The van der Waals surface area contributed by atoms with Gasteiger partial charge in [-0.3, -0.25) is 9.59 Å². The van der Waals surface area contributed by atoms with Gasteiger partial charge in [0.2, 0.25) is 0 Å². The highest BCUT2D eigenvalue weighted by molar-refractivity contribution is 6.15. The predicted octanol–water partition coefficient (Wildman–Crippen LogP) is 6.01. The van der Waals surface area contributed by atoms with Gasteiger partial charge in [-0.05, 0) is 75.6 Å². The molecule has 1 aliphatic rings.